The Labute approximate surface area is 105 Å². The number of benzene rings is 1. The van der Waals surface area contributed by atoms with Gasteiger partial charge >= 0.3 is 0 Å². The van der Waals surface area contributed by atoms with Crippen LogP contribution in [0.2, 0.25) is 0 Å². The molecule has 1 heteroatoms. The Bertz CT molecular complexity index is 337. The van der Waals surface area contributed by atoms with Crippen LogP contribution in [0.4, 0.5) is 0 Å². The van der Waals surface area contributed by atoms with Gasteiger partial charge < -0.3 is 5.11 Å². The van der Waals surface area contributed by atoms with Crippen molar-refractivity contribution in [1.29, 1.82) is 0 Å². The highest BCUT2D eigenvalue weighted by molar-refractivity contribution is 5.28. The van der Waals surface area contributed by atoms with E-state index in [4.69, 9.17) is 0 Å². The zero-order valence-corrected chi connectivity index (χ0v) is 11.1. The van der Waals surface area contributed by atoms with Crippen LogP contribution >= 0.6 is 0 Å². The van der Waals surface area contributed by atoms with E-state index >= 15 is 0 Å². The van der Waals surface area contributed by atoms with Crippen LogP contribution in [0.5, 0.6) is 0 Å². The third-order valence-electron chi connectivity index (χ3n) is 3.94. The van der Waals surface area contributed by atoms with Crippen LogP contribution in [0, 0.1) is 0 Å². The van der Waals surface area contributed by atoms with Crippen LogP contribution in [-0.4, -0.2) is 5.11 Å². The molecule has 2 rings (SSSR count). The third-order valence-corrected chi connectivity index (χ3v) is 3.94. The highest BCUT2D eigenvalue weighted by Gasteiger charge is 2.18. The summed E-state index contributed by atoms with van der Waals surface area (Å²) in [5, 5.41) is 9.94. The molecule has 0 atom stereocenters. The van der Waals surface area contributed by atoms with Gasteiger partial charge in [-0.15, -0.1) is 0 Å². The molecule has 0 radical (unpaired) electrons. The van der Waals surface area contributed by atoms with Crippen molar-refractivity contribution in [3.8, 4) is 0 Å². The number of hydrogen-bond acceptors (Lipinski definition) is 1. The van der Waals surface area contributed by atoms with Crippen molar-refractivity contribution in [3.63, 3.8) is 0 Å². The summed E-state index contributed by atoms with van der Waals surface area (Å²) in [4.78, 5) is 0. The first-order valence-electron chi connectivity index (χ1n) is 6.90. The molecule has 1 nitrogen and oxygen atoms in total. The molecule has 1 saturated carbocycles. The maximum absolute atomic E-state index is 9.94. The van der Waals surface area contributed by atoms with Gasteiger partial charge in [0.25, 0.3) is 0 Å². The largest absolute Gasteiger partial charge is 0.386 e. The van der Waals surface area contributed by atoms with Crippen LogP contribution in [0.25, 0.3) is 0 Å². The lowest BCUT2D eigenvalue weighted by molar-refractivity contribution is 0.0786. The number of hydrogen-bond donors (Lipinski definition) is 1. The fourth-order valence-corrected chi connectivity index (χ4v) is 2.78. The van der Waals surface area contributed by atoms with Gasteiger partial charge in [-0.2, -0.15) is 0 Å². The van der Waals surface area contributed by atoms with E-state index in [1.807, 2.05) is 13.8 Å². The van der Waals surface area contributed by atoms with E-state index in [1.54, 1.807) is 0 Å². The zero-order chi connectivity index (χ0) is 12.3. The first kappa shape index (κ1) is 12.6. The molecule has 1 fully saturated rings. The molecule has 94 valence electrons. The zero-order valence-electron chi connectivity index (χ0n) is 11.1. The van der Waals surface area contributed by atoms with Gasteiger partial charge in [-0.1, -0.05) is 49.9 Å². The molecule has 1 aliphatic rings. The maximum atomic E-state index is 9.94. The first-order chi connectivity index (χ1) is 8.07. The minimum absolute atomic E-state index is 0.720. The SMILES string of the molecule is CC(C)(O)c1ccc(C2CCCCCC2)cc1. The van der Waals surface area contributed by atoms with Crippen LogP contribution in [0.15, 0.2) is 24.3 Å². The number of rotatable bonds is 2. The Balaban J connectivity index is 2.11. The van der Waals surface area contributed by atoms with Crippen molar-refractivity contribution in [2.75, 3.05) is 0 Å². The van der Waals surface area contributed by atoms with E-state index in [-0.39, 0.29) is 0 Å². The third kappa shape index (κ3) is 3.32. The highest BCUT2D eigenvalue weighted by atomic mass is 16.3. The first-order valence-corrected chi connectivity index (χ1v) is 6.90. The molecule has 0 unspecified atom stereocenters. The van der Waals surface area contributed by atoms with Crippen LogP contribution in [0.1, 0.15) is 69.4 Å². The summed E-state index contributed by atoms with van der Waals surface area (Å²) < 4.78 is 0. The van der Waals surface area contributed by atoms with Gasteiger partial charge in [0.2, 0.25) is 0 Å². The molecular formula is C16H24O. The van der Waals surface area contributed by atoms with Crippen LogP contribution in [-0.2, 0) is 5.60 Å². The van der Waals surface area contributed by atoms with Gasteiger partial charge in [0, 0.05) is 0 Å². The summed E-state index contributed by atoms with van der Waals surface area (Å²) in [6.45, 7) is 3.68. The van der Waals surface area contributed by atoms with Gasteiger partial charge in [0.1, 0.15) is 0 Å². The molecule has 1 aromatic rings. The summed E-state index contributed by atoms with van der Waals surface area (Å²) in [6.07, 6.45) is 8.22. The molecule has 0 aromatic heterocycles. The number of aliphatic hydroxyl groups is 1. The molecule has 17 heavy (non-hydrogen) atoms. The predicted molar refractivity (Wildman–Crippen MR) is 72.1 cm³/mol. The lowest BCUT2D eigenvalue weighted by Gasteiger charge is -2.20. The average molecular weight is 232 g/mol. The van der Waals surface area contributed by atoms with Gasteiger partial charge in [0.15, 0.2) is 0 Å². The Morgan fingerprint density at radius 2 is 1.47 bits per heavy atom. The van der Waals surface area contributed by atoms with Gasteiger partial charge in [-0.05, 0) is 43.7 Å². The van der Waals surface area contributed by atoms with E-state index in [1.165, 1.54) is 44.1 Å². The molecule has 1 N–H and O–H groups in total. The van der Waals surface area contributed by atoms with Crippen LogP contribution < -0.4 is 0 Å². The monoisotopic (exact) mass is 232 g/mol. The van der Waals surface area contributed by atoms with Gasteiger partial charge in [-0.25, -0.2) is 0 Å². The standard InChI is InChI=1S/C16H24O/c1-16(2,17)15-11-9-14(10-12-15)13-7-5-3-4-6-8-13/h9-13,17H,3-8H2,1-2H3. The second-order valence-corrected chi connectivity index (χ2v) is 5.87. The van der Waals surface area contributed by atoms with Crippen molar-refractivity contribution in [2.24, 2.45) is 0 Å². The molecule has 0 amide bonds. The summed E-state index contributed by atoms with van der Waals surface area (Å²) in [6, 6.07) is 8.59. The summed E-state index contributed by atoms with van der Waals surface area (Å²) in [5.74, 6) is 0.744. The van der Waals surface area contributed by atoms with Gasteiger partial charge in [0.05, 0.1) is 5.60 Å². The fraction of sp³-hybridized carbons (Fsp3) is 0.625. The summed E-state index contributed by atoms with van der Waals surface area (Å²) >= 11 is 0. The Morgan fingerprint density at radius 3 is 1.94 bits per heavy atom. The Hall–Kier alpha value is -0.820. The smallest absolute Gasteiger partial charge is 0.0840 e. The van der Waals surface area contributed by atoms with E-state index in [0.717, 1.165) is 11.5 Å². The van der Waals surface area contributed by atoms with Crippen molar-refractivity contribution >= 4 is 0 Å². The Morgan fingerprint density at radius 1 is 0.941 bits per heavy atom. The molecule has 0 saturated heterocycles. The second-order valence-electron chi connectivity index (χ2n) is 5.87. The molecule has 1 aliphatic carbocycles. The lowest BCUT2D eigenvalue weighted by Crippen LogP contribution is -2.15. The van der Waals surface area contributed by atoms with E-state index in [9.17, 15) is 5.11 Å². The van der Waals surface area contributed by atoms with E-state index < -0.39 is 5.60 Å². The highest BCUT2D eigenvalue weighted by Crippen LogP contribution is 2.32. The summed E-state index contributed by atoms with van der Waals surface area (Å²) in [5.41, 5.74) is 1.75. The average Bonchev–Trinajstić information content (AvgIpc) is 2.56. The van der Waals surface area contributed by atoms with Crippen molar-refractivity contribution < 1.29 is 5.11 Å². The predicted octanol–water partition coefficient (Wildman–Crippen LogP) is 4.35. The lowest BCUT2D eigenvalue weighted by atomic mass is 9.89. The van der Waals surface area contributed by atoms with E-state index in [0.29, 0.717) is 0 Å². The quantitative estimate of drug-likeness (QED) is 0.751. The minimum atomic E-state index is -0.720. The summed E-state index contributed by atoms with van der Waals surface area (Å²) in [7, 11) is 0. The molecule has 0 aliphatic heterocycles. The van der Waals surface area contributed by atoms with Crippen molar-refractivity contribution in [1.82, 2.24) is 0 Å². The van der Waals surface area contributed by atoms with E-state index in [2.05, 4.69) is 24.3 Å². The topological polar surface area (TPSA) is 20.2 Å². The minimum Gasteiger partial charge on any atom is -0.386 e. The normalized spacial score (nSPS) is 19.0. The van der Waals surface area contributed by atoms with Crippen molar-refractivity contribution in [3.05, 3.63) is 35.4 Å². The second kappa shape index (κ2) is 5.22. The fourth-order valence-electron chi connectivity index (χ4n) is 2.78. The molecular weight excluding hydrogens is 208 g/mol. The van der Waals surface area contributed by atoms with Gasteiger partial charge in [-0.3, -0.25) is 0 Å². The Kier molecular flexibility index (Phi) is 3.88. The molecule has 0 bridgehead atoms. The molecule has 0 spiro atoms. The van der Waals surface area contributed by atoms with Crippen LogP contribution in [0.3, 0.4) is 0 Å². The molecule has 0 heterocycles. The maximum Gasteiger partial charge on any atom is 0.0840 e. The van der Waals surface area contributed by atoms with Crippen molar-refractivity contribution in [2.45, 2.75) is 63.9 Å². The molecule has 1 aromatic carbocycles.